The molecular weight excluding hydrogens is 352 g/mol. The summed E-state index contributed by atoms with van der Waals surface area (Å²) in [6.07, 6.45) is 3.10. The van der Waals surface area contributed by atoms with E-state index in [0.29, 0.717) is 5.69 Å². The molecule has 4 rings (SSSR count). The first-order chi connectivity index (χ1) is 13.0. The summed E-state index contributed by atoms with van der Waals surface area (Å²) in [5.41, 5.74) is 1.70. The summed E-state index contributed by atoms with van der Waals surface area (Å²) in [6, 6.07) is 5.81. The van der Waals surface area contributed by atoms with Gasteiger partial charge >= 0.3 is 0 Å². The maximum Gasteiger partial charge on any atom is 0.257 e. The molecule has 0 spiro atoms. The molecule has 1 fully saturated rings. The smallest absolute Gasteiger partial charge is 0.257 e. The van der Waals surface area contributed by atoms with Crippen LogP contribution in [0.25, 0.3) is 5.65 Å². The van der Waals surface area contributed by atoms with E-state index in [1.807, 2.05) is 0 Å². The van der Waals surface area contributed by atoms with E-state index in [9.17, 15) is 13.6 Å². The molecule has 0 bridgehead atoms. The number of imidazole rings is 1. The molecule has 0 atom stereocenters. The number of aryl methyl sites for hydroxylation is 1. The third kappa shape index (κ3) is 3.48. The van der Waals surface area contributed by atoms with Gasteiger partial charge in [-0.1, -0.05) is 0 Å². The number of pyridine rings is 1. The van der Waals surface area contributed by atoms with E-state index < -0.39 is 17.5 Å². The van der Waals surface area contributed by atoms with Crippen LogP contribution in [-0.4, -0.2) is 41.5 Å². The molecule has 2 N–H and O–H groups in total. The van der Waals surface area contributed by atoms with Crippen molar-refractivity contribution in [1.29, 1.82) is 0 Å². The first-order valence-electron chi connectivity index (χ1n) is 8.73. The molecule has 0 radical (unpaired) electrons. The zero-order valence-corrected chi connectivity index (χ0v) is 14.8. The Hall–Kier alpha value is -3.00. The van der Waals surface area contributed by atoms with Gasteiger partial charge in [0.15, 0.2) is 11.5 Å². The second-order valence-corrected chi connectivity index (χ2v) is 6.55. The lowest BCUT2D eigenvalue weighted by Crippen LogP contribution is -2.43. The number of nitrogens with zero attached hydrogens (tertiary/aromatic N) is 3. The van der Waals surface area contributed by atoms with Crippen molar-refractivity contribution in [1.82, 2.24) is 14.7 Å². The van der Waals surface area contributed by atoms with Gasteiger partial charge in [0.2, 0.25) is 0 Å². The highest BCUT2D eigenvalue weighted by atomic mass is 19.1. The van der Waals surface area contributed by atoms with Crippen LogP contribution in [0.1, 0.15) is 16.1 Å². The van der Waals surface area contributed by atoms with Crippen LogP contribution < -0.4 is 15.5 Å². The number of carbonyl (C=O) groups is 1. The maximum absolute atomic E-state index is 14.5. The minimum absolute atomic E-state index is 0.0567. The predicted octanol–water partition coefficient (Wildman–Crippen LogP) is 2.58. The molecule has 0 saturated carbocycles. The van der Waals surface area contributed by atoms with E-state index in [2.05, 4.69) is 20.5 Å². The van der Waals surface area contributed by atoms with Crippen LogP contribution in [0.5, 0.6) is 0 Å². The molecule has 3 heterocycles. The zero-order valence-electron chi connectivity index (χ0n) is 14.8. The molecule has 0 aliphatic carbocycles. The van der Waals surface area contributed by atoms with Gasteiger partial charge in [0.25, 0.3) is 5.91 Å². The fourth-order valence-corrected chi connectivity index (χ4v) is 3.22. The van der Waals surface area contributed by atoms with Gasteiger partial charge in [-0.15, -0.1) is 0 Å². The van der Waals surface area contributed by atoms with E-state index in [-0.39, 0.29) is 16.9 Å². The van der Waals surface area contributed by atoms with Crippen molar-refractivity contribution in [2.24, 2.45) is 0 Å². The first-order valence-corrected chi connectivity index (χ1v) is 8.73. The number of carbonyl (C=O) groups excluding carboxylic acids is 1. The number of piperazine rings is 1. The summed E-state index contributed by atoms with van der Waals surface area (Å²) in [7, 11) is 0. The molecule has 1 amide bonds. The molecule has 3 aromatic rings. The summed E-state index contributed by atoms with van der Waals surface area (Å²) >= 11 is 0. The topological polar surface area (TPSA) is 61.7 Å². The quantitative estimate of drug-likeness (QED) is 0.743. The molecule has 1 aliphatic heterocycles. The van der Waals surface area contributed by atoms with Crippen molar-refractivity contribution in [3.05, 3.63) is 59.6 Å². The Bertz CT molecular complexity index is 1010. The van der Waals surface area contributed by atoms with Crippen molar-refractivity contribution in [2.75, 3.05) is 36.4 Å². The van der Waals surface area contributed by atoms with E-state index in [1.165, 1.54) is 22.7 Å². The largest absolute Gasteiger partial charge is 0.369 e. The van der Waals surface area contributed by atoms with Crippen LogP contribution in [-0.2, 0) is 0 Å². The fourth-order valence-electron chi connectivity index (χ4n) is 3.22. The molecule has 1 aromatic carbocycles. The Morgan fingerprint density at radius 3 is 2.67 bits per heavy atom. The van der Waals surface area contributed by atoms with E-state index >= 15 is 0 Å². The third-order valence-corrected chi connectivity index (χ3v) is 4.57. The first kappa shape index (κ1) is 17.4. The van der Waals surface area contributed by atoms with E-state index in [0.717, 1.165) is 37.9 Å². The summed E-state index contributed by atoms with van der Waals surface area (Å²) in [4.78, 5) is 18.6. The van der Waals surface area contributed by atoms with Gasteiger partial charge in [-0.3, -0.25) is 4.79 Å². The Morgan fingerprint density at radius 2 is 1.93 bits per heavy atom. The monoisotopic (exact) mass is 371 g/mol. The van der Waals surface area contributed by atoms with Crippen LogP contribution in [0.3, 0.4) is 0 Å². The molecule has 1 aliphatic rings. The Kier molecular flexibility index (Phi) is 4.49. The summed E-state index contributed by atoms with van der Waals surface area (Å²) in [6.45, 7) is 5.04. The number of nitrogens with one attached hydrogen (secondary N) is 2. The van der Waals surface area contributed by atoms with Gasteiger partial charge in [-0.2, -0.15) is 0 Å². The summed E-state index contributed by atoms with van der Waals surface area (Å²) in [5.74, 6) is -1.72. The number of halogens is 2. The molecule has 0 unspecified atom stereocenters. The fraction of sp³-hybridized carbons (Fsp3) is 0.263. The number of fused-ring (bicyclic) bond motifs is 1. The van der Waals surface area contributed by atoms with E-state index in [4.69, 9.17) is 0 Å². The minimum atomic E-state index is -0.606. The lowest BCUT2D eigenvalue weighted by Gasteiger charge is -2.29. The van der Waals surface area contributed by atoms with Gasteiger partial charge in [0.1, 0.15) is 5.82 Å². The zero-order chi connectivity index (χ0) is 19.0. The average molecular weight is 371 g/mol. The van der Waals surface area contributed by atoms with Crippen LogP contribution in [0.2, 0.25) is 0 Å². The number of aromatic nitrogens is 2. The lowest BCUT2D eigenvalue weighted by atomic mass is 10.2. The Balaban J connectivity index is 1.55. The summed E-state index contributed by atoms with van der Waals surface area (Å²) in [5, 5.41) is 5.75. The number of hydrogen-bond acceptors (Lipinski definition) is 4. The molecule has 8 heteroatoms. The summed E-state index contributed by atoms with van der Waals surface area (Å²) < 4.78 is 30.1. The molecule has 27 heavy (non-hydrogen) atoms. The molecule has 140 valence electrons. The van der Waals surface area contributed by atoms with Gasteiger partial charge in [0.05, 0.1) is 16.9 Å². The third-order valence-electron chi connectivity index (χ3n) is 4.57. The van der Waals surface area contributed by atoms with E-state index in [1.54, 1.807) is 19.2 Å². The lowest BCUT2D eigenvalue weighted by molar-refractivity contribution is 0.102. The predicted molar refractivity (Wildman–Crippen MR) is 99.3 cm³/mol. The van der Waals surface area contributed by atoms with Gasteiger partial charge in [0, 0.05) is 44.3 Å². The molecule has 6 nitrogen and oxygen atoms in total. The average Bonchev–Trinajstić information content (AvgIpc) is 3.05. The maximum atomic E-state index is 14.5. The number of anilines is 2. The van der Waals surface area contributed by atoms with Crippen molar-refractivity contribution in [3.63, 3.8) is 0 Å². The Labute approximate surface area is 154 Å². The van der Waals surface area contributed by atoms with Crippen LogP contribution in [0.15, 0.2) is 36.7 Å². The van der Waals surface area contributed by atoms with Crippen LogP contribution >= 0.6 is 0 Å². The molecule has 1 saturated heterocycles. The van der Waals surface area contributed by atoms with Gasteiger partial charge in [-0.05, 0) is 31.2 Å². The number of rotatable bonds is 3. The SMILES string of the molecule is Cc1cn2cc(C(=O)Nc3ccc(N4CCNCC4)cc3F)cc(F)c2n1. The number of amides is 1. The highest BCUT2D eigenvalue weighted by Crippen LogP contribution is 2.23. The van der Waals surface area contributed by atoms with Crippen LogP contribution in [0, 0.1) is 18.6 Å². The number of benzene rings is 1. The second-order valence-electron chi connectivity index (χ2n) is 6.55. The van der Waals surface area contributed by atoms with Crippen molar-refractivity contribution in [2.45, 2.75) is 6.92 Å². The van der Waals surface area contributed by atoms with Gasteiger partial charge in [-0.25, -0.2) is 13.8 Å². The normalized spacial score (nSPS) is 14.6. The highest BCUT2D eigenvalue weighted by molar-refractivity contribution is 6.04. The Morgan fingerprint density at radius 1 is 1.15 bits per heavy atom. The van der Waals surface area contributed by atoms with Crippen molar-refractivity contribution in [3.8, 4) is 0 Å². The van der Waals surface area contributed by atoms with Crippen molar-refractivity contribution >= 4 is 22.9 Å². The minimum Gasteiger partial charge on any atom is -0.369 e. The highest BCUT2D eigenvalue weighted by Gasteiger charge is 2.16. The second kappa shape index (κ2) is 6.96. The van der Waals surface area contributed by atoms with Crippen molar-refractivity contribution < 1.29 is 13.6 Å². The molecular formula is C19H19F2N5O. The number of hydrogen-bond donors (Lipinski definition) is 2. The van der Waals surface area contributed by atoms with Crippen LogP contribution in [0.4, 0.5) is 20.2 Å². The van der Waals surface area contributed by atoms with Gasteiger partial charge < -0.3 is 19.9 Å². The molecule has 2 aromatic heterocycles. The standard InChI is InChI=1S/C19H19F2N5O/c1-12-10-26-11-13(8-16(21)18(26)23-12)19(27)24-17-3-2-14(9-15(17)20)25-6-4-22-5-7-25/h2-3,8-11,22H,4-7H2,1H3,(H,24,27).